The summed E-state index contributed by atoms with van der Waals surface area (Å²) in [6.07, 6.45) is 0. The Bertz CT molecular complexity index is 895. The maximum Gasteiger partial charge on any atom is 0.569 e. The average molecular weight is 441 g/mol. The van der Waals surface area contributed by atoms with Crippen LogP contribution in [0, 0.1) is 0 Å². The maximum atomic E-state index is 11.4. The average Bonchev–Trinajstić information content (AvgIpc) is 3.01. The standard InChI is InChI=1S/C14H19BO4.C8H8BO4/c1-13(2)14(3,4)19-15(18-13)11-8-6-10(7-9-11)12(16)17-5;1-12-8(10)6-2-4-7(5-3-6)13-9-11/h6-9H,1-5H3;2-5,11H,1H3. The van der Waals surface area contributed by atoms with E-state index in [0.717, 1.165) is 5.46 Å². The van der Waals surface area contributed by atoms with Crippen molar-refractivity contribution < 1.29 is 38.0 Å². The molecule has 0 amide bonds. The van der Waals surface area contributed by atoms with Gasteiger partial charge in [-0.3, -0.25) is 0 Å². The second-order valence-electron chi connectivity index (χ2n) is 7.94. The topological polar surface area (TPSA) is 101 Å². The minimum Gasteiger partial charge on any atom is -0.537 e. The van der Waals surface area contributed by atoms with Crippen molar-refractivity contribution >= 4 is 32.2 Å². The first-order valence-electron chi connectivity index (χ1n) is 9.89. The molecule has 0 spiro atoms. The molecule has 1 fully saturated rings. The highest BCUT2D eigenvalue weighted by Crippen LogP contribution is 2.36. The van der Waals surface area contributed by atoms with Gasteiger partial charge in [0, 0.05) is 0 Å². The summed E-state index contributed by atoms with van der Waals surface area (Å²) < 4.78 is 25.7. The lowest BCUT2D eigenvalue weighted by Crippen LogP contribution is -2.41. The highest BCUT2D eigenvalue weighted by Gasteiger charge is 2.51. The molecule has 1 heterocycles. The van der Waals surface area contributed by atoms with E-state index in [1.165, 1.54) is 14.2 Å². The van der Waals surface area contributed by atoms with Crippen LogP contribution >= 0.6 is 0 Å². The molecule has 0 aromatic heterocycles. The van der Waals surface area contributed by atoms with Gasteiger partial charge in [-0.25, -0.2) is 9.59 Å². The van der Waals surface area contributed by atoms with E-state index in [-0.39, 0.29) is 17.2 Å². The Kier molecular flexibility index (Phi) is 8.49. The fraction of sp³-hybridized carbons (Fsp3) is 0.364. The largest absolute Gasteiger partial charge is 0.569 e. The molecule has 1 N–H and O–H groups in total. The van der Waals surface area contributed by atoms with Crippen LogP contribution in [0.5, 0.6) is 5.75 Å². The van der Waals surface area contributed by atoms with Crippen LogP contribution in [-0.2, 0) is 18.8 Å². The van der Waals surface area contributed by atoms with Crippen molar-refractivity contribution in [2.24, 2.45) is 0 Å². The van der Waals surface area contributed by atoms with E-state index in [0.29, 0.717) is 24.6 Å². The predicted molar refractivity (Wildman–Crippen MR) is 120 cm³/mol. The van der Waals surface area contributed by atoms with Gasteiger partial charge in [-0.05, 0) is 69.6 Å². The van der Waals surface area contributed by atoms with Gasteiger partial charge in [0.15, 0.2) is 0 Å². The smallest absolute Gasteiger partial charge is 0.537 e. The van der Waals surface area contributed by atoms with Crippen molar-refractivity contribution in [1.29, 1.82) is 0 Å². The summed E-state index contributed by atoms with van der Waals surface area (Å²) in [6.45, 7) is 8.04. The second-order valence-corrected chi connectivity index (χ2v) is 7.94. The zero-order chi connectivity index (χ0) is 23.9. The number of hydrogen-bond donors (Lipinski definition) is 1. The summed E-state index contributed by atoms with van der Waals surface area (Å²) in [5.41, 5.74) is 1.12. The van der Waals surface area contributed by atoms with Gasteiger partial charge in [0.25, 0.3) is 0 Å². The third kappa shape index (κ3) is 6.12. The van der Waals surface area contributed by atoms with Gasteiger partial charge in [0.2, 0.25) is 0 Å². The Hall–Kier alpha value is -2.81. The first-order chi connectivity index (χ1) is 15.0. The maximum absolute atomic E-state index is 11.4. The summed E-state index contributed by atoms with van der Waals surface area (Å²) >= 11 is 0. The Morgan fingerprint density at radius 1 is 0.812 bits per heavy atom. The summed E-state index contributed by atoms with van der Waals surface area (Å²) in [4.78, 5) is 22.3. The van der Waals surface area contributed by atoms with E-state index < -0.39 is 13.1 Å². The van der Waals surface area contributed by atoms with E-state index >= 15 is 0 Å². The van der Waals surface area contributed by atoms with Gasteiger partial charge < -0.3 is 28.5 Å². The number of carbonyl (C=O) groups excluding carboxylic acids is 2. The minimum absolute atomic E-state index is 0.347. The van der Waals surface area contributed by atoms with Crippen LogP contribution in [0.2, 0.25) is 0 Å². The minimum atomic E-state index is -0.406. The van der Waals surface area contributed by atoms with E-state index in [1.807, 2.05) is 39.8 Å². The zero-order valence-electron chi connectivity index (χ0n) is 19.1. The molecule has 3 rings (SSSR count). The van der Waals surface area contributed by atoms with Gasteiger partial charge in [-0.2, -0.15) is 0 Å². The summed E-state index contributed by atoms with van der Waals surface area (Å²) in [5.74, 6) is -0.296. The van der Waals surface area contributed by atoms with Gasteiger partial charge in [-0.15, -0.1) is 0 Å². The SMILES string of the molecule is COC(=O)c1ccc(B2OC(C)(C)C(C)(C)O2)cc1.COC(=O)c1ccc(O[B]O)cc1. The van der Waals surface area contributed by atoms with Gasteiger partial charge >= 0.3 is 26.7 Å². The third-order valence-electron chi connectivity index (χ3n) is 5.32. The highest BCUT2D eigenvalue weighted by atomic mass is 16.7. The van der Waals surface area contributed by atoms with Gasteiger partial charge in [0.05, 0.1) is 36.5 Å². The molecule has 169 valence electrons. The number of esters is 2. The first kappa shape index (κ1) is 25.5. The van der Waals surface area contributed by atoms with Crippen LogP contribution in [0.3, 0.4) is 0 Å². The predicted octanol–water partition coefficient (Wildman–Crippen LogP) is 2.15. The monoisotopic (exact) mass is 441 g/mol. The number of carbonyl (C=O) groups is 2. The number of methoxy groups -OCH3 is 2. The van der Waals surface area contributed by atoms with Gasteiger partial charge in [-0.1, -0.05) is 12.1 Å². The van der Waals surface area contributed by atoms with Crippen LogP contribution < -0.4 is 10.1 Å². The quantitative estimate of drug-likeness (QED) is 0.557. The lowest BCUT2D eigenvalue weighted by Gasteiger charge is -2.32. The van der Waals surface area contributed by atoms with Crippen LogP contribution in [0.4, 0.5) is 0 Å². The highest BCUT2D eigenvalue weighted by molar-refractivity contribution is 6.62. The van der Waals surface area contributed by atoms with E-state index in [2.05, 4.69) is 14.1 Å². The molecule has 32 heavy (non-hydrogen) atoms. The fourth-order valence-electron chi connectivity index (χ4n) is 2.72. The molecule has 0 aliphatic carbocycles. The van der Waals surface area contributed by atoms with Crippen LogP contribution in [0.1, 0.15) is 48.4 Å². The third-order valence-corrected chi connectivity index (χ3v) is 5.32. The van der Waals surface area contributed by atoms with Crippen molar-refractivity contribution in [2.45, 2.75) is 38.9 Å². The summed E-state index contributed by atoms with van der Waals surface area (Å²) in [6, 6.07) is 13.3. The van der Waals surface area contributed by atoms with Crippen molar-refractivity contribution in [3.63, 3.8) is 0 Å². The van der Waals surface area contributed by atoms with E-state index in [4.69, 9.17) is 14.3 Å². The first-order valence-corrected chi connectivity index (χ1v) is 9.89. The fourth-order valence-corrected chi connectivity index (χ4v) is 2.72. The van der Waals surface area contributed by atoms with Crippen LogP contribution in [0.15, 0.2) is 48.5 Å². The summed E-state index contributed by atoms with van der Waals surface area (Å²) in [7, 11) is 2.85. The van der Waals surface area contributed by atoms with E-state index in [9.17, 15) is 9.59 Å². The molecule has 1 radical (unpaired) electrons. The number of ether oxygens (including phenoxy) is 2. The van der Waals surface area contributed by atoms with Crippen molar-refractivity contribution in [2.75, 3.05) is 14.2 Å². The van der Waals surface area contributed by atoms with Crippen LogP contribution in [-0.4, -0.2) is 57.2 Å². The molecule has 0 bridgehead atoms. The molecule has 0 unspecified atom stereocenters. The van der Waals surface area contributed by atoms with Gasteiger partial charge in [0.1, 0.15) is 5.75 Å². The Balaban J connectivity index is 0.000000244. The lowest BCUT2D eigenvalue weighted by atomic mass is 9.79. The van der Waals surface area contributed by atoms with E-state index in [1.54, 1.807) is 36.4 Å². The molecule has 2 aromatic rings. The molecule has 1 aliphatic heterocycles. The number of hydrogen-bond acceptors (Lipinski definition) is 8. The zero-order valence-corrected chi connectivity index (χ0v) is 19.1. The van der Waals surface area contributed by atoms with Crippen molar-refractivity contribution in [3.05, 3.63) is 59.7 Å². The Labute approximate surface area is 189 Å². The molecule has 0 atom stereocenters. The molecular weight excluding hydrogens is 414 g/mol. The Morgan fingerprint density at radius 2 is 1.22 bits per heavy atom. The number of rotatable bonds is 5. The summed E-state index contributed by atoms with van der Waals surface area (Å²) in [5, 5.41) is 8.31. The number of benzene rings is 2. The molecule has 8 nitrogen and oxygen atoms in total. The molecule has 1 aliphatic rings. The lowest BCUT2D eigenvalue weighted by molar-refractivity contribution is 0.00578. The second kappa shape index (κ2) is 10.7. The molecule has 2 aromatic carbocycles. The van der Waals surface area contributed by atoms with Crippen LogP contribution in [0.25, 0.3) is 0 Å². The Morgan fingerprint density at radius 3 is 1.59 bits per heavy atom. The molecule has 1 saturated heterocycles. The van der Waals surface area contributed by atoms with Crippen molar-refractivity contribution in [3.8, 4) is 5.75 Å². The van der Waals surface area contributed by atoms with Crippen molar-refractivity contribution in [1.82, 2.24) is 0 Å². The molecule has 10 heteroatoms. The normalized spacial score (nSPS) is 15.8. The molecule has 0 saturated carbocycles. The molecular formula is C22H27B2O8.